The maximum atomic E-state index is 12.4. The number of benzene rings is 1. The molecule has 1 atom stereocenters. The van der Waals surface area contributed by atoms with Crippen molar-refractivity contribution in [2.45, 2.75) is 18.9 Å². The van der Waals surface area contributed by atoms with E-state index in [9.17, 15) is 9.59 Å². The number of nitrogens with zero attached hydrogens (tertiary/aromatic N) is 2. The third-order valence-electron chi connectivity index (χ3n) is 4.18. The van der Waals surface area contributed by atoms with Crippen LogP contribution in [-0.4, -0.2) is 41.7 Å². The average molecular weight is 398 g/mol. The van der Waals surface area contributed by atoms with E-state index in [1.807, 2.05) is 10.9 Å². The first kappa shape index (κ1) is 20.2. The Balaban J connectivity index is 0.00000243. The Hall–Kier alpha value is -2.09. The number of amides is 2. The number of aromatic nitrogens is 2. The van der Waals surface area contributed by atoms with Gasteiger partial charge in [0.1, 0.15) is 0 Å². The van der Waals surface area contributed by atoms with Gasteiger partial charge >= 0.3 is 0 Å². The van der Waals surface area contributed by atoms with Crippen LogP contribution in [0, 0.1) is 0 Å². The molecule has 1 saturated heterocycles. The van der Waals surface area contributed by atoms with Crippen molar-refractivity contribution in [1.82, 2.24) is 20.4 Å². The second-order valence-electron chi connectivity index (χ2n) is 5.91. The van der Waals surface area contributed by atoms with Gasteiger partial charge < -0.3 is 16.0 Å². The Morgan fingerprint density at radius 3 is 2.77 bits per heavy atom. The highest BCUT2D eigenvalue weighted by Crippen LogP contribution is 2.22. The number of halogens is 2. The highest BCUT2D eigenvalue weighted by Gasteiger charge is 2.18. The van der Waals surface area contributed by atoms with Crippen LogP contribution in [0.1, 0.15) is 39.7 Å². The average Bonchev–Trinajstić information content (AvgIpc) is 3.12. The Kier molecular flexibility index (Phi) is 7.02. The fourth-order valence-electron chi connectivity index (χ4n) is 2.83. The summed E-state index contributed by atoms with van der Waals surface area (Å²) in [6.07, 6.45) is 3.97. The van der Waals surface area contributed by atoms with Crippen LogP contribution in [0.3, 0.4) is 0 Å². The van der Waals surface area contributed by atoms with E-state index in [0.717, 1.165) is 25.9 Å². The van der Waals surface area contributed by atoms with Gasteiger partial charge in [0.15, 0.2) is 5.69 Å². The van der Waals surface area contributed by atoms with Crippen LogP contribution < -0.4 is 16.0 Å². The van der Waals surface area contributed by atoms with Crippen LogP contribution in [0.4, 0.5) is 5.69 Å². The molecule has 1 fully saturated rings. The van der Waals surface area contributed by atoms with Crippen molar-refractivity contribution in [3.63, 3.8) is 0 Å². The summed E-state index contributed by atoms with van der Waals surface area (Å²) >= 11 is 6.10. The van der Waals surface area contributed by atoms with E-state index in [1.165, 1.54) is 7.05 Å². The predicted molar refractivity (Wildman–Crippen MR) is 103 cm³/mol. The van der Waals surface area contributed by atoms with Gasteiger partial charge in [-0.1, -0.05) is 11.6 Å². The number of hydrogen-bond donors (Lipinski definition) is 3. The first-order chi connectivity index (χ1) is 12.1. The number of rotatable bonds is 4. The number of carbonyl (C=O) groups is 2. The summed E-state index contributed by atoms with van der Waals surface area (Å²) in [5.74, 6) is -0.589. The molecule has 0 bridgehead atoms. The van der Waals surface area contributed by atoms with E-state index in [-0.39, 0.29) is 35.3 Å². The topological polar surface area (TPSA) is 88.0 Å². The molecule has 0 aliphatic carbocycles. The lowest BCUT2D eigenvalue weighted by Crippen LogP contribution is -2.32. The van der Waals surface area contributed by atoms with Crippen LogP contribution in [0.5, 0.6) is 0 Å². The summed E-state index contributed by atoms with van der Waals surface area (Å²) in [5, 5.41) is 13.2. The predicted octanol–water partition coefficient (Wildman–Crippen LogP) is 2.49. The fraction of sp³-hybridized carbons (Fsp3) is 0.353. The highest BCUT2D eigenvalue weighted by atomic mass is 35.5. The van der Waals surface area contributed by atoms with E-state index >= 15 is 0 Å². The molecule has 1 aliphatic heterocycles. The molecule has 1 aromatic carbocycles. The van der Waals surface area contributed by atoms with Gasteiger partial charge in [-0.3, -0.25) is 14.3 Å². The Labute approximate surface area is 162 Å². The van der Waals surface area contributed by atoms with Gasteiger partial charge in [-0.25, -0.2) is 0 Å². The number of carbonyl (C=O) groups excluding carboxylic acids is 2. The molecule has 9 heteroatoms. The molecule has 2 aromatic rings. The quantitative estimate of drug-likeness (QED) is 0.739. The van der Waals surface area contributed by atoms with Gasteiger partial charge in [0.05, 0.1) is 16.6 Å². The lowest BCUT2D eigenvalue weighted by molar-refractivity contribution is 0.0962. The van der Waals surface area contributed by atoms with Crippen LogP contribution in [0.15, 0.2) is 30.5 Å². The number of hydrogen-bond acceptors (Lipinski definition) is 4. The Bertz CT molecular complexity index is 787. The molecule has 3 N–H and O–H groups in total. The summed E-state index contributed by atoms with van der Waals surface area (Å²) in [7, 11) is 1.53. The molecule has 0 radical (unpaired) electrons. The van der Waals surface area contributed by atoms with Gasteiger partial charge in [-0.05, 0) is 43.7 Å². The summed E-state index contributed by atoms with van der Waals surface area (Å²) < 4.78 is 1.84. The molecular formula is C17H21Cl2N5O2. The zero-order valence-corrected chi connectivity index (χ0v) is 15.9. The normalized spacial score (nSPS) is 16.5. The van der Waals surface area contributed by atoms with Crippen LogP contribution in [0.25, 0.3) is 0 Å². The maximum Gasteiger partial charge on any atom is 0.276 e. The van der Waals surface area contributed by atoms with Gasteiger partial charge in [-0.2, -0.15) is 5.10 Å². The van der Waals surface area contributed by atoms with Crippen molar-refractivity contribution >= 4 is 41.5 Å². The second kappa shape index (κ2) is 9.02. The van der Waals surface area contributed by atoms with Crippen molar-refractivity contribution in [2.75, 3.05) is 25.5 Å². The monoisotopic (exact) mass is 397 g/mol. The zero-order chi connectivity index (χ0) is 17.8. The Morgan fingerprint density at radius 1 is 1.31 bits per heavy atom. The minimum absolute atomic E-state index is 0. The molecule has 0 spiro atoms. The molecule has 26 heavy (non-hydrogen) atoms. The number of nitrogens with one attached hydrogen (secondary N) is 3. The van der Waals surface area contributed by atoms with Crippen molar-refractivity contribution < 1.29 is 9.59 Å². The fourth-order valence-corrected chi connectivity index (χ4v) is 3.09. The largest absolute Gasteiger partial charge is 0.355 e. The second-order valence-corrected chi connectivity index (χ2v) is 6.32. The molecule has 140 valence electrons. The first-order valence-corrected chi connectivity index (χ1v) is 8.55. The van der Waals surface area contributed by atoms with Crippen molar-refractivity contribution in [3.05, 3.63) is 46.7 Å². The van der Waals surface area contributed by atoms with E-state index in [2.05, 4.69) is 21.0 Å². The smallest absolute Gasteiger partial charge is 0.276 e. The van der Waals surface area contributed by atoms with Crippen LogP contribution in [-0.2, 0) is 0 Å². The molecule has 3 rings (SSSR count). The van der Waals surface area contributed by atoms with E-state index in [1.54, 1.807) is 24.3 Å². The maximum absolute atomic E-state index is 12.4. The Morgan fingerprint density at radius 2 is 2.12 bits per heavy atom. The standard InChI is InChI=1S/C17H20ClN5O2.ClH/c1-19-16(24)13-5-4-11(9-14(13)18)21-17(25)15-6-8-23(22-15)12-3-2-7-20-10-12;/h4-6,8-9,12,20H,2-3,7,10H2,1H3,(H,19,24)(H,21,25);1H. The minimum Gasteiger partial charge on any atom is -0.355 e. The number of anilines is 1. The zero-order valence-electron chi connectivity index (χ0n) is 14.3. The van der Waals surface area contributed by atoms with Crippen molar-refractivity contribution in [3.8, 4) is 0 Å². The van der Waals surface area contributed by atoms with Crippen molar-refractivity contribution in [2.24, 2.45) is 0 Å². The van der Waals surface area contributed by atoms with E-state index in [4.69, 9.17) is 11.6 Å². The lowest BCUT2D eigenvalue weighted by atomic mass is 10.1. The third kappa shape index (κ3) is 4.55. The van der Waals surface area contributed by atoms with Gasteiger partial charge in [0.25, 0.3) is 11.8 Å². The van der Waals surface area contributed by atoms with Gasteiger partial charge in [0, 0.05) is 25.5 Å². The summed E-state index contributed by atoms with van der Waals surface area (Å²) in [6, 6.07) is 6.73. The van der Waals surface area contributed by atoms with Gasteiger partial charge in [0.2, 0.25) is 0 Å². The number of piperidine rings is 1. The molecule has 7 nitrogen and oxygen atoms in total. The molecule has 1 aromatic heterocycles. The lowest BCUT2D eigenvalue weighted by Gasteiger charge is -2.22. The summed E-state index contributed by atoms with van der Waals surface area (Å²) in [4.78, 5) is 24.0. The highest BCUT2D eigenvalue weighted by molar-refractivity contribution is 6.34. The first-order valence-electron chi connectivity index (χ1n) is 8.17. The third-order valence-corrected chi connectivity index (χ3v) is 4.50. The molecule has 2 heterocycles. The molecular weight excluding hydrogens is 377 g/mol. The molecule has 2 amide bonds. The van der Waals surface area contributed by atoms with Crippen molar-refractivity contribution in [1.29, 1.82) is 0 Å². The summed E-state index contributed by atoms with van der Waals surface area (Å²) in [6.45, 7) is 1.89. The molecule has 0 saturated carbocycles. The van der Waals surface area contributed by atoms with E-state index in [0.29, 0.717) is 16.9 Å². The summed E-state index contributed by atoms with van der Waals surface area (Å²) in [5.41, 5.74) is 1.21. The van der Waals surface area contributed by atoms with Crippen LogP contribution >= 0.6 is 24.0 Å². The molecule has 1 aliphatic rings. The minimum atomic E-state index is -0.314. The van der Waals surface area contributed by atoms with Gasteiger partial charge in [-0.15, -0.1) is 12.4 Å². The van der Waals surface area contributed by atoms with E-state index < -0.39 is 0 Å². The van der Waals surface area contributed by atoms with Crippen LogP contribution in [0.2, 0.25) is 5.02 Å². The SMILES string of the molecule is CNC(=O)c1ccc(NC(=O)c2ccn(C3CCCNC3)n2)cc1Cl.Cl. The molecule has 1 unspecified atom stereocenters.